The Morgan fingerprint density at radius 3 is 2.48 bits per heavy atom. The Labute approximate surface area is 132 Å². The molecule has 118 valence electrons. The van der Waals surface area contributed by atoms with E-state index >= 15 is 0 Å². The molecule has 0 radical (unpaired) electrons. The van der Waals surface area contributed by atoms with E-state index in [0.29, 0.717) is 25.4 Å². The van der Waals surface area contributed by atoms with Gasteiger partial charge in [0.05, 0.1) is 0 Å². The SMILES string of the molecule is CC1CCN(S(=O)(=O)NC(CCl)Cc2ccccc2)CC1. The van der Waals surface area contributed by atoms with Gasteiger partial charge in [-0.05, 0) is 30.7 Å². The Morgan fingerprint density at radius 1 is 1.29 bits per heavy atom. The van der Waals surface area contributed by atoms with Gasteiger partial charge in [-0.15, -0.1) is 11.6 Å². The highest BCUT2D eigenvalue weighted by molar-refractivity contribution is 7.87. The van der Waals surface area contributed by atoms with Crippen molar-refractivity contribution >= 4 is 21.8 Å². The smallest absolute Gasteiger partial charge is 0.198 e. The minimum Gasteiger partial charge on any atom is -0.198 e. The van der Waals surface area contributed by atoms with Crippen LogP contribution in [0.15, 0.2) is 30.3 Å². The molecule has 4 nitrogen and oxygen atoms in total. The predicted octanol–water partition coefficient (Wildman–Crippen LogP) is 2.40. The molecule has 1 aliphatic rings. The van der Waals surface area contributed by atoms with Gasteiger partial charge in [-0.2, -0.15) is 17.4 Å². The molecule has 0 saturated carbocycles. The van der Waals surface area contributed by atoms with E-state index in [-0.39, 0.29) is 11.9 Å². The topological polar surface area (TPSA) is 49.4 Å². The van der Waals surface area contributed by atoms with E-state index in [9.17, 15) is 8.42 Å². The standard InChI is InChI=1S/C15H23ClN2O2S/c1-13-7-9-18(10-8-13)21(19,20)17-15(12-16)11-14-5-3-2-4-6-14/h2-6,13,15,17H,7-12H2,1H3. The van der Waals surface area contributed by atoms with Gasteiger partial charge in [0.2, 0.25) is 0 Å². The van der Waals surface area contributed by atoms with Gasteiger partial charge in [0, 0.05) is 25.0 Å². The van der Waals surface area contributed by atoms with Crippen molar-refractivity contribution in [3.8, 4) is 0 Å². The molecular weight excluding hydrogens is 308 g/mol. The maximum absolute atomic E-state index is 12.4. The maximum atomic E-state index is 12.4. The molecule has 0 aliphatic carbocycles. The van der Waals surface area contributed by atoms with E-state index in [4.69, 9.17) is 11.6 Å². The number of nitrogens with one attached hydrogen (secondary N) is 1. The van der Waals surface area contributed by atoms with Crippen LogP contribution in [0.4, 0.5) is 0 Å². The van der Waals surface area contributed by atoms with Crippen LogP contribution in [0.1, 0.15) is 25.3 Å². The average molecular weight is 331 g/mol. The third-order valence-corrected chi connectivity index (χ3v) is 5.96. The molecule has 6 heteroatoms. The quantitative estimate of drug-likeness (QED) is 0.814. The van der Waals surface area contributed by atoms with Gasteiger partial charge in [-0.3, -0.25) is 0 Å². The van der Waals surface area contributed by atoms with E-state index in [1.54, 1.807) is 0 Å². The molecule has 0 aromatic heterocycles. The second-order valence-corrected chi connectivity index (χ2v) is 7.76. The highest BCUT2D eigenvalue weighted by Crippen LogP contribution is 2.18. The van der Waals surface area contributed by atoms with Crippen LogP contribution in [-0.4, -0.2) is 37.7 Å². The van der Waals surface area contributed by atoms with E-state index in [0.717, 1.165) is 18.4 Å². The van der Waals surface area contributed by atoms with Crippen LogP contribution in [0.25, 0.3) is 0 Å². The fourth-order valence-electron chi connectivity index (χ4n) is 2.54. The van der Waals surface area contributed by atoms with E-state index in [1.165, 1.54) is 4.31 Å². The number of hydrogen-bond donors (Lipinski definition) is 1. The first kappa shape index (κ1) is 16.7. The van der Waals surface area contributed by atoms with Gasteiger partial charge in [-0.25, -0.2) is 0 Å². The molecule has 21 heavy (non-hydrogen) atoms. The zero-order valence-corrected chi connectivity index (χ0v) is 13.9. The Bertz CT molecular complexity index is 528. The Morgan fingerprint density at radius 2 is 1.90 bits per heavy atom. The molecule has 1 fully saturated rings. The number of rotatable bonds is 6. The van der Waals surface area contributed by atoms with Crippen LogP contribution >= 0.6 is 11.6 Å². The molecule has 1 unspecified atom stereocenters. The summed E-state index contributed by atoms with van der Waals surface area (Å²) in [6.07, 6.45) is 2.45. The second-order valence-electron chi connectivity index (χ2n) is 5.75. The lowest BCUT2D eigenvalue weighted by molar-refractivity contribution is 0.283. The number of piperidine rings is 1. The molecule has 1 aromatic rings. The van der Waals surface area contributed by atoms with Crippen molar-refractivity contribution < 1.29 is 8.42 Å². The first-order chi connectivity index (χ1) is 10.0. The summed E-state index contributed by atoms with van der Waals surface area (Å²) < 4.78 is 29.1. The number of benzene rings is 1. The van der Waals surface area contributed by atoms with Gasteiger partial charge in [-0.1, -0.05) is 37.3 Å². The van der Waals surface area contributed by atoms with Crippen molar-refractivity contribution in [1.82, 2.24) is 9.03 Å². The summed E-state index contributed by atoms with van der Waals surface area (Å²) in [6, 6.07) is 9.52. The van der Waals surface area contributed by atoms with Crippen LogP contribution in [-0.2, 0) is 16.6 Å². The lowest BCUT2D eigenvalue weighted by Crippen LogP contribution is -2.49. The third kappa shape index (κ3) is 4.95. The normalized spacial score (nSPS) is 19.5. The largest absolute Gasteiger partial charge is 0.279 e. The lowest BCUT2D eigenvalue weighted by atomic mass is 10.0. The van der Waals surface area contributed by atoms with Gasteiger partial charge in [0.15, 0.2) is 0 Å². The van der Waals surface area contributed by atoms with Crippen molar-refractivity contribution in [1.29, 1.82) is 0 Å². The summed E-state index contributed by atoms with van der Waals surface area (Å²) in [6.45, 7) is 3.35. The minimum absolute atomic E-state index is 0.262. The minimum atomic E-state index is -3.44. The summed E-state index contributed by atoms with van der Waals surface area (Å²) in [7, 11) is -3.44. The highest BCUT2D eigenvalue weighted by atomic mass is 35.5. The number of nitrogens with zero attached hydrogens (tertiary/aromatic N) is 1. The van der Waals surface area contributed by atoms with Crippen molar-refractivity contribution in [3.05, 3.63) is 35.9 Å². The van der Waals surface area contributed by atoms with Crippen LogP contribution in [0.3, 0.4) is 0 Å². The third-order valence-electron chi connectivity index (χ3n) is 3.91. The molecule has 1 saturated heterocycles. The highest BCUT2D eigenvalue weighted by Gasteiger charge is 2.28. The molecule has 1 aromatic carbocycles. The van der Waals surface area contributed by atoms with Gasteiger partial charge in [0.1, 0.15) is 0 Å². The molecule has 0 bridgehead atoms. The lowest BCUT2D eigenvalue weighted by Gasteiger charge is -2.30. The maximum Gasteiger partial charge on any atom is 0.279 e. The number of alkyl halides is 1. The zero-order valence-electron chi connectivity index (χ0n) is 12.3. The number of hydrogen-bond acceptors (Lipinski definition) is 2. The molecule has 1 N–H and O–H groups in total. The van der Waals surface area contributed by atoms with E-state index in [1.807, 2.05) is 30.3 Å². The van der Waals surface area contributed by atoms with Crippen molar-refractivity contribution in [2.24, 2.45) is 5.92 Å². The van der Waals surface area contributed by atoms with Crippen LogP contribution in [0, 0.1) is 5.92 Å². The van der Waals surface area contributed by atoms with Gasteiger partial charge in [0.25, 0.3) is 10.2 Å². The predicted molar refractivity (Wildman–Crippen MR) is 86.7 cm³/mol. The van der Waals surface area contributed by atoms with E-state index in [2.05, 4.69) is 11.6 Å². The molecule has 1 heterocycles. The summed E-state index contributed by atoms with van der Waals surface area (Å²) in [5, 5.41) is 0. The first-order valence-corrected chi connectivity index (χ1v) is 9.36. The number of halogens is 1. The van der Waals surface area contributed by atoms with Gasteiger partial charge >= 0.3 is 0 Å². The van der Waals surface area contributed by atoms with Crippen LogP contribution < -0.4 is 4.72 Å². The fraction of sp³-hybridized carbons (Fsp3) is 0.600. The molecule has 0 spiro atoms. The van der Waals surface area contributed by atoms with Crippen molar-refractivity contribution in [2.75, 3.05) is 19.0 Å². The molecular formula is C15H23ClN2O2S. The summed E-state index contributed by atoms with van der Waals surface area (Å²) in [5.41, 5.74) is 1.08. The molecule has 1 atom stereocenters. The fourth-order valence-corrected chi connectivity index (χ4v) is 4.24. The van der Waals surface area contributed by atoms with Gasteiger partial charge < -0.3 is 0 Å². The van der Waals surface area contributed by atoms with Crippen LogP contribution in [0.2, 0.25) is 0 Å². The molecule has 1 aliphatic heterocycles. The Balaban J connectivity index is 1.97. The Hall–Kier alpha value is -0.620. The van der Waals surface area contributed by atoms with Crippen LogP contribution in [0.5, 0.6) is 0 Å². The summed E-state index contributed by atoms with van der Waals surface area (Å²) >= 11 is 5.94. The average Bonchev–Trinajstić information content (AvgIpc) is 2.48. The summed E-state index contributed by atoms with van der Waals surface area (Å²) in [5.74, 6) is 0.864. The summed E-state index contributed by atoms with van der Waals surface area (Å²) in [4.78, 5) is 0. The zero-order chi connectivity index (χ0) is 15.3. The second kappa shape index (κ2) is 7.58. The first-order valence-electron chi connectivity index (χ1n) is 7.38. The Kier molecular flexibility index (Phi) is 6.05. The monoisotopic (exact) mass is 330 g/mol. The molecule has 0 amide bonds. The van der Waals surface area contributed by atoms with Crippen molar-refractivity contribution in [3.63, 3.8) is 0 Å². The molecule has 2 rings (SSSR count). The van der Waals surface area contributed by atoms with Crippen molar-refractivity contribution in [2.45, 2.75) is 32.2 Å². The van der Waals surface area contributed by atoms with E-state index < -0.39 is 10.2 Å².